The number of aromatic nitrogens is 2. The van der Waals surface area contributed by atoms with Gasteiger partial charge in [0.25, 0.3) is 5.91 Å². The molecule has 0 aliphatic rings. The second kappa shape index (κ2) is 3.30. The van der Waals surface area contributed by atoms with E-state index in [1.54, 1.807) is 13.0 Å². The second-order valence-electron chi connectivity index (χ2n) is 2.56. The SMILES string of the molecule is CCc1nnc(C)cc1C(N)=O. The molecule has 0 aliphatic carbocycles. The van der Waals surface area contributed by atoms with Crippen LogP contribution in [0.25, 0.3) is 0 Å². The molecule has 4 nitrogen and oxygen atoms in total. The van der Waals surface area contributed by atoms with Gasteiger partial charge >= 0.3 is 0 Å². The summed E-state index contributed by atoms with van der Waals surface area (Å²) in [5, 5.41) is 7.70. The molecule has 1 aromatic rings. The number of carbonyl (C=O) groups is 1. The minimum absolute atomic E-state index is 0.440. The minimum atomic E-state index is -0.440. The van der Waals surface area contributed by atoms with Gasteiger partial charge in [-0.05, 0) is 19.4 Å². The number of rotatable bonds is 2. The molecule has 0 unspecified atom stereocenters. The van der Waals surface area contributed by atoms with Gasteiger partial charge in [0.15, 0.2) is 0 Å². The summed E-state index contributed by atoms with van der Waals surface area (Å²) in [5.41, 5.74) is 7.00. The third-order valence-corrected chi connectivity index (χ3v) is 1.59. The van der Waals surface area contributed by atoms with E-state index in [1.165, 1.54) is 0 Å². The Hall–Kier alpha value is -1.45. The molecular weight excluding hydrogens is 154 g/mol. The van der Waals surface area contributed by atoms with E-state index >= 15 is 0 Å². The van der Waals surface area contributed by atoms with Crippen molar-refractivity contribution in [2.24, 2.45) is 5.73 Å². The molecule has 0 aromatic carbocycles. The molecule has 0 saturated heterocycles. The quantitative estimate of drug-likeness (QED) is 0.691. The molecule has 0 atom stereocenters. The molecule has 2 N–H and O–H groups in total. The lowest BCUT2D eigenvalue weighted by molar-refractivity contribution is 0.0998. The average molecular weight is 165 g/mol. The van der Waals surface area contributed by atoms with Crippen molar-refractivity contribution >= 4 is 5.91 Å². The fourth-order valence-electron chi connectivity index (χ4n) is 0.989. The summed E-state index contributed by atoms with van der Waals surface area (Å²) >= 11 is 0. The first kappa shape index (κ1) is 8.64. The first-order chi connectivity index (χ1) is 5.65. The lowest BCUT2D eigenvalue weighted by atomic mass is 10.1. The number of aryl methyl sites for hydroxylation is 2. The van der Waals surface area contributed by atoms with E-state index in [4.69, 9.17) is 5.73 Å². The molecule has 1 rings (SSSR count). The zero-order chi connectivity index (χ0) is 9.14. The van der Waals surface area contributed by atoms with Gasteiger partial charge in [-0.3, -0.25) is 4.79 Å². The van der Waals surface area contributed by atoms with Crippen LogP contribution in [0.2, 0.25) is 0 Å². The molecule has 0 radical (unpaired) electrons. The molecule has 0 saturated carbocycles. The lowest BCUT2D eigenvalue weighted by Crippen LogP contribution is -2.15. The van der Waals surface area contributed by atoms with Crippen molar-refractivity contribution in [1.29, 1.82) is 0 Å². The van der Waals surface area contributed by atoms with Crippen molar-refractivity contribution in [3.05, 3.63) is 23.0 Å². The zero-order valence-corrected chi connectivity index (χ0v) is 7.16. The maximum absolute atomic E-state index is 10.9. The van der Waals surface area contributed by atoms with Gasteiger partial charge in [0.2, 0.25) is 0 Å². The molecule has 0 aliphatic heterocycles. The fraction of sp³-hybridized carbons (Fsp3) is 0.375. The fourth-order valence-corrected chi connectivity index (χ4v) is 0.989. The van der Waals surface area contributed by atoms with E-state index in [-0.39, 0.29) is 0 Å². The molecule has 1 aromatic heterocycles. The van der Waals surface area contributed by atoms with Crippen molar-refractivity contribution in [1.82, 2.24) is 10.2 Å². The maximum atomic E-state index is 10.9. The number of primary amides is 1. The van der Waals surface area contributed by atoms with Gasteiger partial charge in [0, 0.05) is 0 Å². The van der Waals surface area contributed by atoms with E-state index in [2.05, 4.69) is 10.2 Å². The highest BCUT2D eigenvalue weighted by Crippen LogP contribution is 2.05. The average Bonchev–Trinajstić information content (AvgIpc) is 2.04. The summed E-state index contributed by atoms with van der Waals surface area (Å²) in [6, 6.07) is 1.66. The summed E-state index contributed by atoms with van der Waals surface area (Å²) < 4.78 is 0. The molecule has 0 bridgehead atoms. The molecule has 1 amide bonds. The molecule has 0 spiro atoms. The number of nitrogens with zero attached hydrogens (tertiary/aromatic N) is 2. The van der Waals surface area contributed by atoms with Crippen LogP contribution in [0.4, 0.5) is 0 Å². The van der Waals surface area contributed by atoms with E-state index in [0.717, 1.165) is 0 Å². The largest absolute Gasteiger partial charge is 0.366 e. The highest BCUT2D eigenvalue weighted by Gasteiger charge is 2.08. The van der Waals surface area contributed by atoms with E-state index in [0.29, 0.717) is 23.4 Å². The monoisotopic (exact) mass is 165 g/mol. The highest BCUT2D eigenvalue weighted by atomic mass is 16.1. The second-order valence-corrected chi connectivity index (χ2v) is 2.56. The van der Waals surface area contributed by atoms with Crippen molar-refractivity contribution in [2.45, 2.75) is 20.3 Å². The lowest BCUT2D eigenvalue weighted by Gasteiger charge is -2.01. The van der Waals surface area contributed by atoms with Crippen molar-refractivity contribution < 1.29 is 4.79 Å². The van der Waals surface area contributed by atoms with Crippen LogP contribution in [0.1, 0.15) is 28.7 Å². The molecule has 12 heavy (non-hydrogen) atoms. The van der Waals surface area contributed by atoms with E-state index in [9.17, 15) is 4.79 Å². The number of carbonyl (C=O) groups excluding carboxylic acids is 1. The number of nitrogens with two attached hydrogens (primary N) is 1. The Morgan fingerprint density at radius 3 is 2.75 bits per heavy atom. The van der Waals surface area contributed by atoms with Gasteiger partial charge in [-0.25, -0.2) is 0 Å². The van der Waals surface area contributed by atoms with Crippen molar-refractivity contribution in [3.8, 4) is 0 Å². The smallest absolute Gasteiger partial charge is 0.250 e. The van der Waals surface area contributed by atoms with Gasteiger partial charge in [-0.1, -0.05) is 6.92 Å². The van der Waals surface area contributed by atoms with Gasteiger partial charge in [-0.2, -0.15) is 10.2 Å². The summed E-state index contributed by atoms with van der Waals surface area (Å²) in [4.78, 5) is 10.9. The molecule has 0 fully saturated rings. The van der Waals surface area contributed by atoms with Crippen LogP contribution in [-0.2, 0) is 6.42 Å². The minimum Gasteiger partial charge on any atom is -0.366 e. The third kappa shape index (κ3) is 1.58. The van der Waals surface area contributed by atoms with Crippen LogP contribution < -0.4 is 5.73 Å². The van der Waals surface area contributed by atoms with Crippen LogP contribution in [0.5, 0.6) is 0 Å². The molecule has 1 heterocycles. The topological polar surface area (TPSA) is 68.9 Å². The van der Waals surface area contributed by atoms with Gasteiger partial charge < -0.3 is 5.73 Å². The van der Waals surface area contributed by atoms with Crippen LogP contribution in [-0.4, -0.2) is 16.1 Å². The Kier molecular flexibility index (Phi) is 2.38. The maximum Gasteiger partial charge on any atom is 0.250 e. The van der Waals surface area contributed by atoms with Crippen LogP contribution >= 0.6 is 0 Å². The first-order valence-corrected chi connectivity index (χ1v) is 3.78. The predicted octanol–water partition coefficient (Wildman–Crippen LogP) is 0.446. The number of amides is 1. The molecule has 4 heteroatoms. The third-order valence-electron chi connectivity index (χ3n) is 1.59. The summed E-state index contributed by atoms with van der Waals surface area (Å²) in [6.07, 6.45) is 0.672. The highest BCUT2D eigenvalue weighted by molar-refractivity contribution is 5.93. The summed E-state index contributed by atoms with van der Waals surface area (Å²) in [7, 11) is 0. The van der Waals surface area contributed by atoms with Gasteiger partial charge in [-0.15, -0.1) is 0 Å². The van der Waals surface area contributed by atoms with E-state index < -0.39 is 5.91 Å². The molecular formula is C8H11N3O. The Morgan fingerprint density at radius 2 is 2.25 bits per heavy atom. The Labute approximate surface area is 70.8 Å². The number of hydrogen-bond acceptors (Lipinski definition) is 3. The van der Waals surface area contributed by atoms with Crippen LogP contribution in [0.3, 0.4) is 0 Å². The normalized spacial score (nSPS) is 9.83. The first-order valence-electron chi connectivity index (χ1n) is 3.78. The Morgan fingerprint density at radius 1 is 1.58 bits per heavy atom. The van der Waals surface area contributed by atoms with Gasteiger partial charge in [0.1, 0.15) is 0 Å². The van der Waals surface area contributed by atoms with Crippen molar-refractivity contribution in [3.63, 3.8) is 0 Å². The van der Waals surface area contributed by atoms with E-state index in [1.807, 2.05) is 6.92 Å². The Balaban J connectivity index is 3.21. The summed E-state index contributed by atoms with van der Waals surface area (Å²) in [5.74, 6) is -0.440. The van der Waals surface area contributed by atoms with Crippen molar-refractivity contribution in [2.75, 3.05) is 0 Å². The zero-order valence-electron chi connectivity index (χ0n) is 7.16. The van der Waals surface area contributed by atoms with Crippen LogP contribution in [0.15, 0.2) is 6.07 Å². The predicted molar refractivity (Wildman–Crippen MR) is 44.7 cm³/mol. The van der Waals surface area contributed by atoms with Crippen LogP contribution in [0, 0.1) is 6.92 Å². The molecule has 64 valence electrons. The Bertz CT molecular complexity index is 309. The number of hydrogen-bond donors (Lipinski definition) is 1. The standard InChI is InChI=1S/C8H11N3O/c1-3-7-6(8(9)12)4-5(2)10-11-7/h4H,3H2,1-2H3,(H2,9,12). The van der Waals surface area contributed by atoms with Gasteiger partial charge in [0.05, 0.1) is 17.0 Å². The summed E-state index contributed by atoms with van der Waals surface area (Å²) in [6.45, 7) is 3.69.